The molecular formula is C19H21BrN2O3S. The number of carbonyl (C=O) groups excluding carboxylic acids is 1. The Bertz CT molecular complexity index is 907. The van der Waals surface area contributed by atoms with Crippen molar-refractivity contribution in [1.82, 2.24) is 4.31 Å². The van der Waals surface area contributed by atoms with Crippen molar-refractivity contribution in [1.29, 1.82) is 0 Å². The molecule has 0 unspecified atom stereocenters. The second kappa shape index (κ2) is 7.90. The quantitative estimate of drug-likeness (QED) is 0.783. The number of carbonyl (C=O) groups is 1. The van der Waals surface area contributed by atoms with E-state index in [1.165, 1.54) is 10.4 Å². The van der Waals surface area contributed by atoms with Crippen LogP contribution in [0.1, 0.15) is 30.1 Å². The average Bonchev–Trinajstić information content (AvgIpc) is 2.62. The van der Waals surface area contributed by atoms with Gasteiger partial charge in [-0.3, -0.25) is 4.79 Å². The molecule has 0 spiro atoms. The van der Waals surface area contributed by atoms with Gasteiger partial charge < -0.3 is 5.32 Å². The zero-order valence-electron chi connectivity index (χ0n) is 14.5. The van der Waals surface area contributed by atoms with Crippen molar-refractivity contribution in [3.8, 4) is 0 Å². The third-order valence-corrected chi connectivity index (χ3v) is 6.95. The van der Waals surface area contributed by atoms with E-state index in [9.17, 15) is 13.2 Å². The standard InChI is InChI=1S/C19H21BrN2O3S/c1-14-8-10-22(11-9-14)26(24,25)18-7-2-4-15(12-18)19(23)21-17-6-3-5-16(20)13-17/h2-7,12-14H,8-11H2,1H3,(H,21,23). The van der Waals surface area contributed by atoms with Crippen molar-refractivity contribution < 1.29 is 13.2 Å². The Hall–Kier alpha value is -1.70. The maximum atomic E-state index is 12.9. The molecule has 1 N–H and O–H groups in total. The molecule has 0 radical (unpaired) electrons. The fourth-order valence-electron chi connectivity index (χ4n) is 2.94. The molecule has 3 rings (SSSR count). The third kappa shape index (κ3) is 4.34. The van der Waals surface area contributed by atoms with Gasteiger partial charge in [0.15, 0.2) is 0 Å². The van der Waals surface area contributed by atoms with Gasteiger partial charge in [0, 0.05) is 28.8 Å². The zero-order valence-corrected chi connectivity index (χ0v) is 16.9. The number of nitrogens with zero attached hydrogens (tertiary/aromatic N) is 1. The number of sulfonamides is 1. The molecule has 5 nitrogen and oxygen atoms in total. The molecule has 0 atom stereocenters. The Morgan fingerprint density at radius 2 is 1.81 bits per heavy atom. The fraction of sp³-hybridized carbons (Fsp3) is 0.316. The molecule has 1 amide bonds. The third-order valence-electron chi connectivity index (χ3n) is 4.56. The first-order valence-corrected chi connectivity index (χ1v) is 10.8. The van der Waals surface area contributed by atoms with Gasteiger partial charge in [-0.25, -0.2) is 8.42 Å². The van der Waals surface area contributed by atoms with Gasteiger partial charge in [0.1, 0.15) is 0 Å². The minimum atomic E-state index is -3.58. The summed E-state index contributed by atoms with van der Waals surface area (Å²) in [5.74, 6) is 0.205. The van der Waals surface area contributed by atoms with Crippen LogP contribution in [-0.2, 0) is 10.0 Å². The smallest absolute Gasteiger partial charge is 0.255 e. The van der Waals surface area contributed by atoms with Crippen LogP contribution in [0.4, 0.5) is 5.69 Å². The first-order valence-electron chi connectivity index (χ1n) is 8.53. The Kier molecular flexibility index (Phi) is 5.79. The molecule has 0 saturated carbocycles. The van der Waals surface area contributed by atoms with Crippen LogP contribution in [0, 0.1) is 5.92 Å². The van der Waals surface area contributed by atoms with Crippen molar-refractivity contribution >= 4 is 37.5 Å². The molecule has 2 aromatic carbocycles. The van der Waals surface area contributed by atoms with Crippen LogP contribution >= 0.6 is 15.9 Å². The van der Waals surface area contributed by atoms with Crippen molar-refractivity contribution in [3.63, 3.8) is 0 Å². The summed E-state index contributed by atoms with van der Waals surface area (Å²) in [4.78, 5) is 12.7. The highest BCUT2D eigenvalue weighted by Crippen LogP contribution is 2.24. The van der Waals surface area contributed by atoms with Gasteiger partial charge in [-0.2, -0.15) is 4.31 Å². The second-order valence-electron chi connectivity index (χ2n) is 6.58. The van der Waals surface area contributed by atoms with Gasteiger partial charge in [-0.1, -0.05) is 35.0 Å². The van der Waals surface area contributed by atoms with E-state index in [2.05, 4.69) is 28.2 Å². The van der Waals surface area contributed by atoms with Crippen molar-refractivity contribution in [2.45, 2.75) is 24.7 Å². The van der Waals surface area contributed by atoms with E-state index in [0.29, 0.717) is 30.3 Å². The molecule has 138 valence electrons. The first kappa shape index (κ1) is 19.1. The van der Waals surface area contributed by atoms with Crippen LogP contribution in [0.25, 0.3) is 0 Å². The van der Waals surface area contributed by atoms with Crippen LogP contribution in [0.5, 0.6) is 0 Å². The lowest BCUT2D eigenvalue weighted by molar-refractivity contribution is 0.102. The van der Waals surface area contributed by atoms with Crippen LogP contribution in [0.3, 0.4) is 0 Å². The average molecular weight is 437 g/mol. The summed E-state index contributed by atoms with van der Waals surface area (Å²) >= 11 is 3.36. The second-order valence-corrected chi connectivity index (χ2v) is 9.43. The maximum absolute atomic E-state index is 12.9. The van der Waals surface area contributed by atoms with Crippen molar-refractivity contribution in [2.24, 2.45) is 5.92 Å². The number of rotatable bonds is 4. The first-order chi connectivity index (χ1) is 12.4. The SMILES string of the molecule is CC1CCN(S(=O)(=O)c2cccc(C(=O)Nc3cccc(Br)c3)c2)CC1. The topological polar surface area (TPSA) is 66.5 Å². The highest BCUT2D eigenvalue weighted by molar-refractivity contribution is 9.10. The van der Waals surface area contributed by atoms with Crippen LogP contribution in [0.2, 0.25) is 0 Å². The van der Waals surface area contributed by atoms with Gasteiger partial charge in [-0.05, 0) is 55.2 Å². The predicted molar refractivity (Wildman–Crippen MR) is 106 cm³/mol. The number of amides is 1. The predicted octanol–water partition coefficient (Wildman–Crippen LogP) is 4.12. The van der Waals surface area contributed by atoms with Gasteiger partial charge in [-0.15, -0.1) is 0 Å². The minimum Gasteiger partial charge on any atom is -0.322 e. The van der Waals surface area contributed by atoms with E-state index >= 15 is 0 Å². The number of anilines is 1. The van der Waals surface area contributed by atoms with Crippen LogP contribution in [0.15, 0.2) is 57.9 Å². The molecule has 2 aromatic rings. The Balaban J connectivity index is 1.80. The van der Waals surface area contributed by atoms with E-state index in [1.807, 2.05) is 12.1 Å². The number of halogens is 1. The molecule has 1 fully saturated rings. The Morgan fingerprint density at radius 1 is 1.12 bits per heavy atom. The molecule has 1 saturated heterocycles. The summed E-state index contributed by atoms with van der Waals surface area (Å²) in [6.45, 7) is 3.19. The van der Waals surface area contributed by atoms with Gasteiger partial charge in [0.2, 0.25) is 10.0 Å². The van der Waals surface area contributed by atoms with E-state index < -0.39 is 10.0 Å². The maximum Gasteiger partial charge on any atom is 0.255 e. The largest absolute Gasteiger partial charge is 0.322 e. The van der Waals surface area contributed by atoms with Crippen molar-refractivity contribution in [2.75, 3.05) is 18.4 Å². The summed E-state index contributed by atoms with van der Waals surface area (Å²) in [6.07, 6.45) is 1.73. The Labute approximate surface area is 162 Å². The van der Waals surface area contributed by atoms with Gasteiger partial charge in [0.25, 0.3) is 5.91 Å². The van der Waals surface area contributed by atoms with E-state index in [4.69, 9.17) is 0 Å². The number of nitrogens with one attached hydrogen (secondary N) is 1. The zero-order chi connectivity index (χ0) is 18.7. The van der Waals surface area contributed by atoms with E-state index in [1.54, 1.807) is 30.3 Å². The lowest BCUT2D eigenvalue weighted by atomic mass is 10.0. The highest BCUT2D eigenvalue weighted by atomic mass is 79.9. The van der Waals surface area contributed by atoms with E-state index in [-0.39, 0.29) is 10.8 Å². The normalized spacial score (nSPS) is 16.4. The molecule has 0 aliphatic carbocycles. The molecule has 0 bridgehead atoms. The summed E-state index contributed by atoms with van der Waals surface area (Å²) in [7, 11) is -3.58. The molecule has 1 aliphatic rings. The number of piperidine rings is 1. The van der Waals surface area contributed by atoms with Crippen LogP contribution < -0.4 is 5.32 Å². The summed E-state index contributed by atoms with van der Waals surface area (Å²) in [6, 6.07) is 13.5. The molecule has 26 heavy (non-hydrogen) atoms. The molecular weight excluding hydrogens is 416 g/mol. The number of hydrogen-bond acceptors (Lipinski definition) is 3. The molecule has 1 aliphatic heterocycles. The molecule has 7 heteroatoms. The van der Waals surface area contributed by atoms with Crippen LogP contribution in [-0.4, -0.2) is 31.7 Å². The lowest BCUT2D eigenvalue weighted by Crippen LogP contribution is -2.37. The minimum absolute atomic E-state index is 0.161. The van der Waals surface area contributed by atoms with Gasteiger partial charge in [0.05, 0.1) is 4.90 Å². The summed E-state index contributed by atoms with van der Waals surface area (Å²) in [5.41, 5.74) is 0.957. The number of benzene rings is 2. The molecule has 1 heterocycles. The summed E-state index contributed by atoms with van der Waals surface area (Å²) in [5, 5.41) is 2.79. The number of hydrogen-bond donors (Lipinski definition) is 1. The fourth-order valence-corrected chi connectivity index (χ4v) is 4.86. The summed E-state index contributed by atoms with van der Waals surface area (Å²) < 4.78 is 28.1. The van der Waals surface area contributed by atoms with Gasteiger partial charge >= 0.3 is 0 Å². The monoisotopic (exact) mass is 436 g/mol. The Morgan fingerprint density at radius 3 is 2.50 bits per heavy atom. The molecule has 0 aromatic heterocycles. The highest BCUT2D eigenvalue weighted by Gasteiger charge is 2.28. The lowest BCUT2D eigenvalue weighted by Gasteiger charge is -2.29. The van der Waals surface area contributed by atoms with E-state index in [0.717, 1.165) is 17.3 Å². The van der Waals surface area contributed by atoms with Crippen molar-refractivity contribution in [3.05, 3.63) is 58.6 Å².